The van der Waals surface area contributed by atoms with Crippen LogP contribution in [0.2, 0.25) is 0 Å². The van der Waals surface area contributed by atoms with Gasteiger partial charge in [-0.15, -0.1) is 0 Å². The van der Waals surface area contributed by atoms with Gasteiger partial charge < -0.3 is 15.3 Å². The van der Waals surface area contributed by atoms with E-state index >= 15 is 0 Å². The fourth-order valence-corrected chi connectivity index (χ4v) is 2.14. The lowest BCUT2D eigenvalue weighted by Gasteiger charge is -2.00. The summed E-state index contributed by atoms with van der Waals surface area (Å²) < 4.78 is 0. The van der Waals surface area contributed by atoms with E-state index in [9.17, 15) is 15.0 Å². The smallest absolute Gasteiger partial charge is 0.303 e. The zero-order valence-corrected chi connectivity index (χ0v) is 15.8. The first-order valence-corrected chi connectivity index (χ1v) is 9.45. The normalized spacial score (nSPS) is 15.2. The molecule has 4 nitrogen and oxygen atoms in total. The van der Waals surface area contributed by atoms with E-state index in [1.54, 1.807) is 24.3 Å². The Morgan fingerprint density at radius 3 is 1.92 bits per heavy atom. The molecule has 0 rings (SSSR count). The van der Waals surface area contributed by atoms with Gasteiger partial charge in [0.25, 0.3) is 0 Å². The number of unbranched alkanes of at least 4 members (excludes halogenated alkanes) is 3. The number of carboxylic acid groups (broad SMARTS) is 1. The van der Waals surface area contributed by atoms with E-state index in [1.807, 2.05) is 36.5 Å². The Labute approximate surface area is 157 Å². The van der Waals surface area contributed by atoms with Crippen LogP contribution in [-0.4, -0.2) is 33.5 Å². The van der Waals surface area contributed by atoms with E-state index in [-0.39, 0.29) is 6.42 Å². The molecule has 0 bridgehead atoms. The van der Waals surface area contributed by atoms with E-state index < -0.39 is 18.2 Å². The molecule has 3 N–H and O–H groups in total. The van der Waals surface area contributed by atoms with E-state index in [2.05, 4.69) is 6.92 Å². The quantitative estimate of drug-likeness (QED) is 0.224. The number of hydrogen-bond donors (Lipinski definition) is 3. The summed E-state index contributed by atoms with van der Waals surface area (Å²) in [5.41, 5.74) is 0. The molecule has 2 atom stereocenters. The molecule has 0 amide bonds. The van der Waals surface area contributed by atoms with Crippen molar-refractivity contribution in [3.05, 3.63) is 60.8 Å². The van der Waals surface area contributed by atoms with Crippen LogP contribution in [0.15, 0.2) is 60.8 Å². The van der Waals surface area contributed by atoms with Crippen molar-refractivity contribution >= 4 is 5.97 Å². The van der Waals surface area contributed by atoms with Gasteiger partial charge in [-0.25, -0.2) is 0 Å². The number of carboxylic acids is 1. The van der Waals surface area contributed by atoms with Crippen molar-refractivity contribution in [3.8, 4) is 0 Å². The van der Waals surface area contributed by atoms with Gasteiger partial charge in [-0.05, 0) is 38.5 Å². The molecule has 0 aromatic rings. The first-order valence-electron chi connectivity index (χ1n) is 9.45. The molecular formula is C22H34O4. The molecule has 0 radical (unpaired) electrons. The number of carbonyl (C=O) groups is 1. The lowest BCUT2D eigenvalue weighted by molar-refractivity contribution is -0.137. The molecule has 0 heterocycles. The Kier molecular flexibility index (Phi) is 16.6. The van der Waals surface area contributed by atoms with Crippen LogP contribution in [0.25, 0.3) is 0 Å². The molecule has 0 aliphatic rings. The highest BCUT2D eigenvalue weighted by molar-refractivity contribution is 5.66. The number of aliphatic hydroxyl groups is 2. The molecule has 2 unspecified atom stereocenters. The molecule has 146 valence electrons. The summed E-state index contributed by atoms with van der Waals surface area (Å²) in [6.45, 7) is 2.06. The fraction of sp³-hybridized carbons (Fsp3) is 0.500. The van der Waals surface area contributed by atoms with Gasteiger partial charge in [0, 0.05) is 6.42 Å². The summed E-state index contributed by atoms with van der Waals surface area (Å²) in [4.78, 5) is 10.4. The SMILES string of the molecule is CC/C=C\CC(O)/C=C/C=C\C=C\C(O)C/C=C\CCCCCC(=O)O. The third kappa shape index (κ3) is 18.4. The molecule has 4 heteroatoms. The molecule has 0 aromatic carbocycles. The molecular weight excluding hydrogens is 328 g/mol. The first-order chi connectivity index (χ1) is 12.6. The summed E-state index contributed by atoms with van der Waals surface area (Å²) in [6, 6.07) is 0. The standard InChI is InChI=1S/C22H34O4/c1-2-3-10-15-20(23)17-12-8-9-13-18-21(24)16-11-6-4-5-7-14-19-22(25)26/h3,6,8-13,17-18,20-21,23-24H,2,4-5,7,14-16,19H2,1H3,(H,25,26)/b9-8-,10-3-,11-6-,17-12+,18-13+. The Morgan fingerprint density at radius 2 is 1.38 bits per heavy atom. The number of aliphatic carboxylic acids is 1. The number of aliphatic hydroxyl groups excluding tert-OH is 2. The maximum atomic E-state index is 10.4. The highest BCUT2D eigenvalue weighted by Crippen LogP contribution is 2.05. The van der Waals surface area contributed by atoms with Crippen molar-refractivity contribution in [2.45, 2.75) is 70.5 Å². The topological polar surface area (TPSA) is 77.8 Å². The van der Waals surface area contributed by atoms with Crippen LogP contribution in [0.3, 0.4) is 0 Å². The maximum Gasteiger partial charge on any atom is 0.303 e. The number of rotatable bonds is 15. The molecule has 0 spiro atoms. The van der Waals surface area contributed by atoms with Crippen molar-refractivity contribution in [2.24, 2.45) is 0 Å². The van der Waals surface area contributed by atoms with E-state index in [0.29, 0.717) is 12.8 Å². The first kappa shape index (κ1) is 24.1. The van der Waals surface area contributed by atoms with Gasteiger partial charge in [0.1, 0.15) is 0 Å². The minimum absolute atomic E-state index is 0.241. The monoisotopic (exact) mass is 362 g/mol. The predicted molar refractivity (Wildman–Crippen MR) is 108 cm³/mol. The molecule has 0 aliphatic carbocycles. The van der Waals surface area contributed by atoms with E-state index in [4.69, 9.17) is 5.11 Å². The number of allylic oxidation sites excluding steroid dienone is 6. The molecule has 26 heavy (non-hydrogen) atoms. The van der Waals surface area contributed by atoms with Gasteiger partial charge in [0.15, 0.2) is 0 Å². The Morgan fingerprint density at radius 1 is 0.808 bits per heavy atom. The second-order valence-corrected chi connectivity index (χ2v) is 6.10. The lowest BCUT2D eigenvalue weighted by Crippen LogP contribution is -1.99. The fourth-order valence-electron chi connectivity index (χ4n) is 2.14. The average Bonchev–Trinajstić information content (AvgIpc) is 2.60. The summed E-state index contributed by atoms with van der Waals surface area (Å²) in [6.07, 6.45) is 23.6. The maximum absolute atomic E-state index is 10.4. The third-order valence-electron chi connectivity index (χ3n) is 3.59. The van der Waals surface area contributed by atoms with Gasteiger partial charge in [0.05, 0.1) is 12.2 Å². The second-order valence-electron chi connectivity index (χ2n) is 6.10. The molecule has 0 fully saturated rings. The van der Waals surface area contributed by atoms with Crippen molar-refractivity contribution in [3.63, 3.8) is 0 Å². The van der Waals surface area contributed by atoms with Crippen LogP contribution >= 0.6 is 0 Å². The molecule has 0 saturated heterocycles. The Bertz CT molecular complexity index is 486. The van der Waals surface area contributed by atoms with Crippen LogP contribution in [0.4, 0.5) is 0 Å². The summed E-state index contributed by atoms with van der Waals surface area (Å²) in [5, 5.41) is 28.0. The minimum atomic E-state index is -0.736. The molecule has 0 aromatic heterocycles. The Balaban J connectivity index is 3.78. The van der Waals surface area contributed by atoms with Crippen molar-refractivity contribution in [1.82, 2.24) is 0 Å². The van der Waals surface area contributed by atoms with Gasteiger partial charge in [-0.3, -0.25) is 4.79 Å². The zero-order valence-electron chi connectivity index (χ0n) is 15.8. The van der Waals surface area contributed by atoms with E-state index in [1.165, 1.54) is 0 Å². The second kappa shape index (κ2) is 17.9. The van der Waals surface area contributed by atoms with Crippen molar-refractivity contribution in [2.75, 3.05) is 0 Å². The van der Waals surface area contributed by atoms with Crippen molar-refractivity contribution < 1.29 is 20.1 Å². The zero-order chi connectivity index (χ0) is 19.5. The van der Waals surface area contributed by atoms with Gasteiger partial charge in [0.2, 0.25) is 0 Å². The van der Waals surface area contributed by atoms with Crippen molar-refractivity contribution in [1.29, 1.82) is 0 Å². The summed E-state index contributed by atoms with van der Waals surface area (Å²) in [7, 11) is 0. The van der Waals surface area contributed by atoms with Crippen LogP contribution in [0, 0.1) is 0 Å². The van der Waals surface area contributed by atoms with Gasteiger partial charge in [-0.1, -0.05) is 74.1 Å². The van der Waals surface area contributed by atoms with Crippen LogP contribution in [-0.2, 0) is 4.79 Å². The predicted octanol–water partition coefficient (Wildman–Crippen LogP) is 4.71. The lowest BCUT2D eigenvalue weighted by atomic mass is 10.1. The third-order valence-corrected chi connectivity index (χ3v) is 3.59. The summed E-state index contributed by atoms with van der Waals surface area (Å²) >= 11 is 0. The van der Waals surface area contributed by atoms with Gasteiger partial charge in [-0.2, -0.15) is 0 Å². The van der Waals surface area contributed by atoms with E-state index in [0.717, 1.165) is 32.1 Å². The van der Waals surface area contributed by atoms with Crippen LogP contribution < -0.4 is 0 Å². The molecule has 0 aliphatic heterocycles. The largest absolute Gasteiger partial charge is 0.481 e. The van der Waals surface area contributed by atoms with Gasteiger partial charge >= 0.3 is 5.97 Å². The minimum Gasteiger partial charge on any atom is -0.481 e. The van der Waals surface area contributed by atoms with Crippen LogP contribution in [0.5, 0.6) is 0 Å². The number of hydrogen-bond acceptors (Lipinski definition) is 3. The average molecular weight is 363 g/mol. The highest BCUT2D eigenvalue weighted by atomic mass is 16.4. The summed E-state index contributed by atoms with van der Waals surface area (Å²) in [5.74, 6) is -0.736. The van der Waals surface area contributed by atoms with Crippen LogP contribution in [0.1, 0.15) is 58.3 Å². The Hall–Kier alpha value is -1.91. The molecule has 0 saturated carbocycles. The highest BCUT2D eigenvalue weighted by Gasteiger charge is 1.96.